The van der Waals surface area contributed by atoms with E-state index in [0.29, 0.717) is 13.1 Å². The quantitative estimate of drug-likeness (QED) is 0.644. The topological polar surface area (TPSA) is 95.1 Å². The van der Waals surface area contributed by atoms with Crippen LogP contribution in [0.1, 0.15) is 21.6 Å². The number of methoxy groups -OCH3 is 1. The molecule has 0 saturated carbocycles. The van der Waals surface area contributed by atoms with Crippen molar-refractivity contribution in [2.45, 2.75) is 13.1 Å². The van der Waals surface area contributed by atoms with Crippen molar-refractivity contribution in [3.63, 3.8) is 0 Å². The van der Waals surface area contributed by atoms with E-state index < -0.39 is 0 Å². The maximum absolute atomic E-state index is 12.4. The summed E-state index contributed by atoms with van der Waals surface area (Å²) in [5.41, 5.74) is 8.08. The minimum absolute atomic E-state index is 0.116. The lowest BCUT2D eigenvalue weighted by Gasteiger charge is -2.07. The van der Waals surface area contributed by atoms with E-state index in [1.54, 1.807) is 7.11 Å². The third-order valence-electron chi connectivity index (χ3n) is 3.82. The van der Waals surface area contributed by atoms with E-state index in [0.717, 1.165) is 21.3 Å². The fourth-order valence-electron chi connectivity index (χ4n) is 2.41. The monoisotopic (exact) mass is 415 g/mol. The molecule has 8 heteroatoms. The van der Waals surface area contributed by atoms with Crippen LogP contribution in [0.3, 0.4) is 0 Å². The van der Waals surface area contributed by atoms with Crippen molar-refractivity contribution < 1.29 is 9.53 Å². The summed E-state index contributed by atoms with van der Waals surface area (Å²) in [4.78, 5) is 12.4. The Hall–Kier alpha value is -2.87. The fraction of sp³-hybridized carbons (Fsp3) is 0.167. The van der Waals surface area contributed by atoms with E-state index in [1.165, 1.54) is 4.68 Å². The molecule has 0 spiro atoms. The van der Waals surface area contributed by atoms with Gasteiger partial charge in [0.1, 0.15) is 5.75 Å². The molecule has 26 heavy (non-hydrogen) atoms. The smallest absolute Gasteiger partial charge is 0.275 e. The molecule has 1 aromatic heterocycles. The van der Waals surface area contributed by atoms with Crippen molar-refractivity contribution in [1.29, 1.82) is 0 Å². The summed E-state index contributed by atoms with van der Waals surface area (Å²) in [5.74, 6) is 0.597. The van der Waals surface area contributed by atoms with Crippen LogP contribution in [0.25, 0.3) is 0 Å². The second kappa shape index (κ2) is 8.01. The molecule has 2 aromatic carbocycles. The van der Waals surface area contributed by atoms with Crippen molar-refractivity contribution in [2.24, 2.45) is 0 Å². The van der Waals surface area contributed by atoms with Gasteiger partial charge in [0.05, 0.1) is 13.7 Å². The van der Waals surface area contributed by atoms with Gasteiger partial charge < -0.3 is 15.8 Å². The van der Waals surface area contributed by atoms with Crippen LogP contribution in [-0.4, -0.2) is 28.0 Å². The van der Waals surface area contributed by atoms with E-state index >= 15 is 0 Å². The molecule has 0 unspecified atom stereocenters. The minimum atomic E-state index is -0.368. The highest BCUT2D eigenvalue weighted by atomic mass is 79.9. The zero-order valence-electron chi connectivity index (χ0n) is 14.1. The lowest BCUT2D eigenvalue weighted by molar-refractivity contribution is 0.0946. The molecule has 3 aromatic rings. The van der Waals surface area contributed by atoms with Crippen LogP contribution in [0.2, 0.25) is 0 Å². The molecule has 0 bridgehead atoms. The second-order valence-corrected chi connectivity index (χ2v) is 6.56. The van der Waals surface area contributed by atoms with Crippen LogP contribution in [0.15, 0.2) is 53.0 Å². The molecule has 1 amide bonds. The maximum Gasteiger partial charge on any atom is 0.275 e. The third kappa shape index (κ3) is 4.20. The number of rotatable bonds is 6. The normalized spacial score (nSPS) is 10.5. The van der Waals surface area contributed by atoms with E-state index in [4.69, 9.17) is 10.5 Å². The Labute approximate surface area is 159 Å². The molecule has 0 fully saturated rings. The molecule has 0 atom stereocenters. The summed E-state index contributed by atoms with van der Waals surface area (Å²) in [7, 11) is 1.60. The number of anilines is 1. The highest BCUT2D eigenvalue weighted by Gasteiger charge is 2.17. The predicted octanol–water partition coefficient (Wildman–Crippen LogP) is 2.61. The van der Waals surface area contributed by atoms with Crippen LogP contribution >= 0.6 is 15.9 Å². The number of amides is 1. The van der Waals surface area contributed by atoms with Gasteiger partial charge in [0.15, 0.2) is 11.5 Å². The molecular weight excluding hydrogens is 398 g/mol. The third-order valence-corrected chi connectivity index (χ3v) is 4.35. The first-order valence-electron chi connectivity index (χ1n) is 7.91. The van der Waals surface area contributed by atoms with Crippen molar-refractivity contribution in [1.82, 2.24) is 20.3 Å². The minimum Gasteiger partial charge on any atom is -0.497 e. The van der Waals surface area contributed by atoms with Crippen molar-refractivity contribution in [3.05, 3.63) is 69.8 Å². The highest BCUT2D eigenvalue weighted by Crippen LogP contribution is 2.15. The molecule has 7 nitrogen and oxygen atoms in total. The summed E-state index contributed by atoms with van der Waals surface area (Å²) in [6.45, 7) is 0.782. The Balaban J connectivity index is 1.66. The van der Waals surface area contributed by atoms with E-state index in [2.05, 4.69) is 31.6 Å². The molecule has 0 aliphatic rings. The molecule has 0 aliphatic heterocycles. The van der Waals surface area contributed by atoms with Crippen molar-refractivity contribution in [3.8, 4) is 5.75 Å². The maximum atomic E-state index is 12.4. The largest absolute Gasteiger partial charge is 0.497 e. The molecule has 134 valence electrons. The number of nitrogens with two attached hydrogens (primary N) is 1. The highest BCUT2D eigenvalue weighted by molar-refractivity contribution is 9.10. The number of aromatic nitrogens is 3. The van der Waals surface area contributed by atoms with E-state index in [-0.39, 0.29) is 17.4 Å². The molecule has 0 saturated heterocycles. The van der Waals surface area contributed by atoms with E-state index in [1.807, 2.05) is 48.5 Å². The number of benzene rings is 2. The number of nitrogens with zero attached hydrogens (tertiary/aromatic N) is 3. The second-order valence-electron chi connectivity index (χ2n) is 5.64. The first kappa shape index (κ1) is 17.9. The Morgan fingerprint density at radius 2 is 2.00 bits per heavy atom. The number of nitrogen functional groups attached to an aromatic ring is 1. The summed E-state index contributed by atoms with van der Waals surface area (Å²) < 4.78 is 7.67. The average Bonchev–Trinajstić information content (AvgIpc) is 3.02. The van der Waals surface area contributed by atoms with Gasteiger partial charge in [-0.05, 0) is 35.4 Å². The molecule has 0 radical (unpaired) electrons. The lowest BCUT2D eigenvalue weighted by Crippen LogP contribution is -2.24. The van der Waals surface area contributed by atoms with Gasteiger partial charge in [-0.3, -0.25) is 4.79 Å². The Morgan fingerprint density at radius 3 is 2.73 bits per heavy atom. The Kier molecular flexibility index (Phi) is 5.52. The summed E-state index contributed by atoms with van der Waals surface area (Å²) in [5, 5.41) is 10.7. The standard InChI is InChI=1S/C18H18BrN5O2/c1-26-15-4-2-3-13(9-15)10-21-18(25)16-17(20)24(23-22-16)11-12-5-7-14(19)8-6-12/h2-9H,10-11,20H2,1H3,(H,21,25). The molecule has 3 N–H and O–H groups in total. The lowest BCUT2D eigenvalue weighted by atomic mass is 10.2. The van der Waals surface area contributed by atoms with Crippen LogP contribution in [0, 0.1) is 0 Å². The van der Waals surface area contributed by atoms with Crippen LogP contribution in [0.5, 0.6) is 5.75 Å². The predicted molar refractivity (Wildman–Crippen MR) is 102 cm³/mol. The number of hydrogen-bond donors (Lipinski definition) is 2. The molecule has 3 rings (SSSR count). The van der Waals surface area contributed by atoms with Gasteiger partial charge in [0.25, 0.3) is 5.91 Å². The van der Waals surface area contributed by atoms with Gasteiger partial charge in [-0.15, -0.1) is 5.10 Å². The number of ether oxygens (including phenoxy) is 1. The zero-order chi connectivity index (χ0) is 18.5. The van der Waals surface area contributed by atoms with Gasteiger partial charge in [0, 0.05) is 11.0 Å². The van der Waals surface area contributed by atoms with Gasteiger partial charge in [0.2, 0.25) is 0 Å². The summed E-state index contributed by atoms with van der Waals surface area (Å²) in [6.07, 6.45) is 0. The van der Waals surface area contributed by atoms with Crippen molar-refractivity contribution in [2.75, 3.05) is 12.8 Å². The number of carbonyl (C=O) groups excluding carboxylic acids is 1. The SMILES string of the molecule is COc1cccc(CNC(=O)c2nnn(Cc3ccc(Br)cc3)c2N)c1. The van der Waals surface area contributed by atoms with Crippen LogP contribution in [-0.2, 0) is 13.1 Å². The first-order chi connectivity index (χ1) is 12.6. The van der Waals surface area contributed by atoms with Gasteiger partial charge >= 0.3 is 0 Å². The van der Waals surface area contributed by atoms with Gasteiger partial charge in [-0.25, -0.2) is 4.68 Å². The first-order valence-corrected chi connectivity index (χ1v) is 8.70. The number of nitrogens with one attached hydrogen (secondary N) is 1. The molecule has 1 heterocycles. The summed E-state index contributed by atoms with van der Waals surface area (Å²) in [6, 6.07) is 15.2. The van der Waals surface area contributed by atoms with Crippen LogP contribution < -0.4 is 15.8 Å². The number of carbonyl (C=O) groups is 1. The Bertz CT molecular complexity index is 908. The van der Waals surface area contributed by atoms with Crippen LogP contribution in [0.4, 0.5) is 5.82 Å². The summed E-state index contributed by atoms with van der Waals surface area (Å²) >= 11 is 3.39. The fourth-order valence-corrected chi connectivity index (χ4v) is 2.67. The number of halogens is 1. The molecular formula is C18H18BrN5O2. The Morgan fingerprint density at radius 1 is 1.23 bits per heavy atom. The van der Waals surface area contributed by atoms with Gasteiger partial charge in [-0.1, -0.05) is 45.4 Å². The van der Waals surface area contributed by atoms with Crippen molar-refractivity contribution >= 4 is 27.7 Å². The zero-order valence-corrected chi connectivity index (χ0v) is 15.7. The number of hydrogen-bond acceptors (Lipinski definition) is 5. The van der Waals surface area contributed by atoms with Gasteiger partial charge in [-0.2, -0.15) is 0 Å². The van der Waals surface area contributed by atoms with E-state index in [9.17, 15) is 4.79 Å². The molecule has 0 aliphatic carbocycles. The average molecular weight is 416 g/mol.